The summed E-state index contributed by atoms with van der Waals surface area (Å²) in [6.45, 7) is 1.83. The Bertz CT molecular complexity index is 864. The number of aryl methyl sites for hydroxylation is 1. The molecule has 0 aliphatic rings. The normalized spacial score (nSPS) is 10.3. The molecule has 0 aliphatic heterocycles. The van der Waals surface area contributed by atoms with E-state index < -0.39 is 0 Å². The molecule has 0 fully saturated rings. The van der Waals surface area contributed by atoms with Gasteiger partial charge in [-0.2, -0.15) is 0 Å². The lowest BCUT2D eigenvalue weighted by Crippen LogP contribution is -2.20. The topological polar surface area (TPSA) is 76.1 Å². The number of pyridine rings is 2. The van der Waals surface area contributed by atoms with Gasteiger partial charge < -0.3 is 15.4 Å². The van der Waals surface area contributed by atoms with Crippen LogP contribution in [0, 0.1) is 6.92 Å². The monoisotopic (exact) mass is 308 g/mol. The van der Waals surface area contributed by atoms with E-state index in [2.05, 4.69) is 20.6 Å². The number of ether oxygens (including phenoxy) is 1. The Morgan fingerprint density at radius 2 is 2.00 bits per heavy atom. The van der Waals surface area contributed by atoms with Gasteiger partial charge in [0.05, 0.1) is 18.5 Å². The van der Waals surface area contributed by atoms with E-state index in [0.29, 0.717) is 28.5 Å². The van der Waals surface area contributed by atoms with Gasteiger partial charge in [-0.15, -0.1) is 0 Å². The van der Waals surface area contributed by atoms with Crippen LogP contribution in [-0.2, 0) is 0 Å². The number of rotatable bonds is 3. The number of hydrogen-bond acceptors (Lipinski definition) is 4. The molecular formula is C17H16N4O2. The third kappa shape index (κ3) is 3.37. The van der Waals surface area contributed by atoms with E-state index >= 15 is 0 Å². The molecule has 0 aliphatic carbocycles. The Labute approximate surface area is 133 Å². The second-order valence-electron chi connectivity index (χ2n) is 4.98. The second kappa shape index (κ2) is 6.31. The third-order valence-electron chi connectivity index (χ3n) is 3.36. The highest BCUT2D eigenvalue weighted by Crippen LogP contribution is 2.20. The van der Waals surface area contributed by atoms with E-state index in [4.69, 9.17) is 4.74 Å². The molecule has 2 amide bonds. The molecule has 0 saturated carbocycles. The number of carbonyl (C=O) groups excluding carboxylic acids is 1. The van der Waals surface area contributed by atoms with Crippen LogP contribution < -0.4 is 15.4 Å². The van der Waals surface area contributed by atoms with E-state index in [-0.39, 0.29) is 6.03 Å². The molecule has 2 N–H and O–H groups in total. The van der Waals surface area contributed by atoms with E-state index in [1.165, 1.54) is 0 Å². The molecule has 1 aromatic carbocycles. The number of anilines is 2. The molecule has 0 unspecified atom stereocenters. The number of aromatic nitrogens is 2. The molecule has 0 radical (unpaired) electrons. The summed E-state index contributed by atoms with van der Waals surface area (Å²) < 4.78 is 5.13. The first-order valence-corrected chi connectivity index (χ1v) is 7.10. The molecule has 2 aromatic heterocycles. The largest absolute Gasteiger partial charge is 0.497 e. The first kappa shape index (κ1) is 14.8. The number of fused-ring (bicyclic) bond motifs is 1. The smallest absolute Gasteiger partial charge is 0.323 e. The number of nitrogens with one attached hydrogen (secondary N) is 2. The summed E-state index contributed by atoms with van der Waals surface area (Å²) in [4.78, 5) is 20.7. The molecule has 0 spiro atoms. The molecule has 0 saturated heterocycles. The minimum atomic E-state index is -0.341. The van der Waals surface area contributed by atoms with Gasteiger partial charge in [0.25, 0.3) is 0 Å². The van der Waals surface area contributed by atoms with Crippen LogP contribution in [0.5, 0.6) is 5.75 Å². The van der Waals surface area contributed by atoms with Crippen molar-refractivity contribution in [1.82, 2.24) is 9.97 Å². The molecule has 0 atom stereocenters. The molecule has 116 valence electrons. The molecule has 6 heteroatoms. The van der Waals surface area contributed by atoms with E-state index in [0.717, 1.165) is 5.39 Å². The average Bonchev–Trinajstić information content (AvgIpc) is 2.55. The van der Waals surface area contributed by atoms with Crippen LogP contribution in [0.15, 0.2) is 48.7 Å². The van der Waals surface area contributed by atoms with Gasteiger partial charge in [-0.25, -0.2) is 14.8 Å². The second-order valence-corrected chi connectivity index (χ2v) is 4.98. The van der Waals surface area contributed by atoms with E-state index in [1.807, 2.05) is 37.3 Å². The van der Waals surface area contributed by atoms with Crippen LogP contribution >= 0.6 is 0 Å². The van der Waals surface area contributed by atoms with Gasteiger partial charge in [-0.1, -0.05) is 6.07 Å². The van der Waals surface area contributed by atoms with Crippen molar-refractivity contribution in [2.45, 2.75) is 6.92 Å². The Balaban J connectivity index is 1.78. The number of nitrogens with zero attached hydrogens (tertiary/aromatic N) is 2. The highest BCUT2D eigenvalue weighted by atomic mass is 16.5. The molecule has 3 aromatic rings. The maximum Gasteiger partial charge on any atom is 0.323 e. The Morgan fingerprint density at radius 3 is 2.83 bits per heavy atom. The number of benzene rings is 1. The predicted molar refractivity (Wildman–Crippen MR) is 89.9 cm³/mol. The highest BCUT2D eigenvalue weighted by molar-refractivity contribution is 6.01. The number of hydrogen-bond donors (Lipinski definition) is 2. The highest BCUT2D eigenvalue weighted by Gasteiger charge is 2.08. The average molecular weight is 308 g/mol. The van der Waals surface area contributed by atoms with Gasteiger partial charge in [0.1, 0.15) is 5.75 Å². The quantitative estimate of drug-likeness (QED) is 0.775. The van der Waals surface area contributed by atoms with Crippen LogP contribution in [0.2, 0.25) is 0 Å². The molecular weight excluding hydrogens is 292 g/mol. The SMILES string of the molecule is COc1cccc(NC(=O)Nc2cc3cccnc3nc2C)c1. The molecule has 2 heterocycles. The van der Waals surface area contributed by atoms with Gasteiger partial charge >= 0.3 is 6.03 Å². The third-order valence-corrected chi connectivity index (χ3v) is 3.36. The fourth-order valence-electron chi connectivity index (χ4n) is 2.21. The van der Waals surface area contributed by atoms with Crippen LogP contribution in [0.4, 0.5) is 16.2 Å². The van der Waals surface area contributed by atoms with Gasteiger partial charge in [-0.05, 0) is 37.3 Å². The minimum absolute atomic E-state index is 0.341. The van der Waals surface area contributed by atoms with Gasteiger partial charge in [0.2, 0.25) is 0 Å². The lowest BCUT2D eigenvalue weighted by molar-refractivity contribution is 0.262. The maximum atomic E-state index is 12.2. The molecule has 3 rings (SSSR count). The van der Waals surface area contributed by atoms with E-state index in [1.54, 1.807) is 25.4 Å². The number of amides is 2. The van der Waals surface area contributed by atoms with Crippen molar-refractivity contribution in [1.29, 1.82) is 0 Å². The Kier molecular flexibility index (Phi) is 4.05. The van der Waals surface area contributed by atoms with Crippen LogP contribution in [-0.4, -0.2) is 23.1 Å². The standard InChI is InChI=1S/C17H16N4O2/c1-11-15(9-12-5-4-8-18-16(12)19-11)21-17(22)20-13-6-3-7-14(10-13)23-2/h3-10H,1-2H3,(H2,20,21,22). The van der Waals surface area contributed by atoms with Gasteiger partial charge in [0, 0.05) is 23.3 Å². The van der Waals surface area contributed by atoms with Crippen molar-refractivity contribution in [2.75, 3.05) is 17.7 Å². The molecule has 6 nitrogen and oxygen atoms in total. The summed E-state index contributed by atoms with van der Waals surface area (Å²) in [5.41, 5.74) is 2.65. The van der Waals surface area contributed by atoms with E-state index in [9.17, 15) is 4.79 Å². The summed E-state index contributed by atoms with van der Waals surface area (Å²) in [5, 5.41) is 6.44. The van der Waals surface area contributed by atoms with Crippen molar-refractivity contribution in [3.8, 4) is 5.75 Å². The van der Waals surface area contributed by atoms with Crippen molar-refractivity contribution in [3.05, 3.63) is 54.4 Å². The zero-order valence-electron chi connectivity index (χ0n) is 12.8. The predicted octanol–water partition coefficient (Wildman–Crippen LogP) is 3.59. The summed E-state index contributed by atoms with van der Waals surface area (Å²) in [6.07, 6.45) is 1.69. The van der Waals surface area contributed by atoms with Gasteiger partial charge in [0.15, 0.2) is 5.65 Å². The first-order chi connectivity index (χ1) is 11.2. The lowest BCUT2D eigenvalue weighted by atomic mass is 10.2. The zero-order chi connectivity index (χ0) is 16.2. The van der Waals surface area contributed by atoms with Gasteiger partial charge in [-0.3, -0.25) is 0 Å². The van der Waals surface area contributed by atoms with Crippen molar-refractivity contribution in [2.24, 2.45) is 0 Å². The first-order valence-electron chi connectivity index (χ1n) is 7.10. The van der Waals surface area contributed by atoms with Crippen LogP contribution in [0.25, 0.3) is 11.0 Å². The number of methoxy groups -OCH3 is 1. The summed E-state index contributed by atoms with van der Waals surface area (Å²) in [7, 11) is 1.58. The van der Waals surface area contributed by atoms with Crippen LogP contribution in [0.3, 0.4) is 0 Å². The van der Waals surface area contributed by atoms with Crippen LogP contribution in [0.1, 0.15) is 5.69 Å². The fourth-order valence-corrected chi connectivity index (χ4v) is 2.21. The Hall–Kier alpha value is -3.15. The van der Waals surface area contributed by atoms with Crippen molar-refractivity contribution >= 4 is 28.4 Å². The Morgan fingerprint density at radius 1 is 1.13 bits per heavy atom. The minimum Gasteiger partial charge on any atom is -0.497 e. The number of urea groups is 1. The van der Waals surface area contributed by atoms with Crippen molar-refractivity contribution in [3.63, 3.8) is 0 Å². The molecule has 0 bridgehead atoms. The summed E-state index contributed by atoms with van der Waals surface area (Å²) in [5.74, 6) is 0.678. The fraction of sp³-hybridized carbons (Fsp3) is 0.118. The summed E-state index contributed by atoms with van der Waals surface area (Å²) >= 11 is 0. The summed E-state index contributed by atoms with van der Waals surface area (Å²) in [6, 6.07) is 12.4. The van der Waals surface area contributed by atoms with Crippen molar-refractivity contribution < 1.29 is 9.53 Å². The zero-order valence-corrected chi connectivity index (χ0v) is 12.8. The molecule has 23 heavy (non-hydrogen) atoms. The maximum absolute atomic E-state index is 12.2. The number of carbonyl (C=O) groups is 1. The lowest BCUT2D eigenvalue weighted by Gasteiger charge is -2.11.